The van der Waals surface area contributed by atoms with Crippen molar-refractivity contribution in [1.29, 1.82) is 0 Å². The average molecular weight is 311 g/mol. The summed E-state index contributed by atoms with van der Waals surface area (Å²) in [6.45, 7) is 0. The fraction of sp³-hybridized carbons (Fsp3) is 0.0909. The lowest BCUT2D eigenvalue weighted by Gasteiger charge is -2.25. The van der Waals surface area contributed by atoms with Gasteiger partial charge >= 0.3 is 0 Å². The summed E-state index contributed by atoms with van der Waals surface area (Å²) in [5, 5.41) is 1.52. The summed E-state index contributed by atoms with van der Waals surface area (Å²) >= 11 is 0. The Balaban J connectivity index is 1.78. The van der Waals surface area contributed by atoms with Crippen LogP contribution in [0.25, 0.3) is 0 Å². The Hall–Kier alpha value is -2.38. The first-order chi connectivity index (χ1) is 11.4. The number of hydrogen-bond donors (Lipinski definition) is 0. The van der Waals surface area contributed by atoms with Gasteiger partial charge in [0.25, 0.3) is 0 Å². The topological polar surface area (TPSA) is 0 Å². The van der Waals surface area contributed by atoms with Gasteiger partial charge in [-0.2, -0.15) is 0 Å². The summed E-state index contributed by atoms with van der Waals surface area (Å²) in [5.41, 5.74) is 3.96. The summed E-state index contributed by atoms with van der Waals surface area (Å²) in [5.74, 6) is 0. The molecule has 2 atom stereocenters. The van der Waals surface area contributed by atoms with Crippen LogP contribution in [0.15, 0.2) is 103 Å². The van der Waals surface area contributed by atoms with Gasteiger partial charge < -0.3 is 0 Å². The lowest BCUT2D eigenvalue weighted by atomic mass is 10.1. The molecule has 0 nitrogen and oxygen atoms in total. The van der Waals surface area contributed by atoms with E-state index in [0.29, 0.717) is 11.1 Å². The van der Waals surface area contributed by atoms with E-state index in [2.05, 4.69) is 103 Å². The molecule has 0 aromatic heterocycles. The van der Waals surface area contributed by atoms with Crippen LogP contribution < -0.4 is 5.19 Å². The van der Waals surface area contributed by atoms with E-state index in [1.54, 1.807) is 0 Å². The minimum absolute atomic E-state index is 0.536. The van der Waals surface area contributed by atoms with Crippen molar-refractivity contribution in [3.8, 4) is 0 Å². The third-order valence-corrected chi connectivity index (χ3v) is 7.98. The van der Waals surface area contributed by atoms with Crippen LogP contribution in [0, 0.1) is 0 Å². The average Bonchev–Trinajstić information content (AvgIpc) is 3.09. The Kier molecular flexibility index (Phi) is 3.95. The van der Waals surface area contributed by atoms with Gasteiger partial charge in [-0.25, -0.2) is 0 Å². The molecule has 0 saturated carbocycles. The molecule has 1 aliphatic rings. The second-order valence-corrected chi connectivity index (χ2v) is 8.72. The van der Waals surface area contributed by atoms with Gasteiger partial charge in [0, 0.05) is 11.1 Å². The molecule has 0 N–H and O–H groups in total. The Morgan fingerprint density at radius 3 is 1.30 bits per heavy atom. The maximum Gasteiger partial charge on any atom is 0.109 e. The van der Waals surface area contributed by atoms with Crippen molar-refractivity contribution in [3.63, 3.8) is 0 Å². The predicted molar refractivity (Wildman–Crippen MR) is 99.3 cm³/mol. The molecular formula is C22H19Si. The second kappa shape index (κ2) is 6.39. The van der Waals surface area contributed by atoms with Crippen molar-refractivity contribution in [2.45, 2.75) is 11.1 Å². The number of rotatable bonds is 3. The quantitative estimate of drug-likeness (QED) is 0.490. The Bertz CT molecular complexity index is 728. The van der Waals surface area contributed by atoms with Gasteiger partial charge in [0.05, 0.1) is 0 Å². The largest absolute Gasteiger partial charge is 0.109 e. The van der Waals surface area contributed by atoms with Crippen LogP contribution >= 0.6 is 0 Å². The monoisotopic (exact) mass is 311 g/mol. The van der Waals surface area contributed by atoms with Gasteiger partial charge in [0.2, 0.25) is 0 Å². The maximum atomic E-state index is 2.44. The third-order valence-electron chi connectivity index (χ3n) is 4.59. The van der Waals surface area contributed by atoms with Crippen LogP contribution in [-0.2, 0) is 0 Å². The van der Waals surface area contributed by atoms with E-state index >= 15 is 0 Å². The van der Waals surface area contributed by atoms with Crippen LogP contribution in [0.3, 0.4) is 0 Å². The van der Waals surface area contributed by atoms with E-state index < -0.39 is 8.80 Å². The molecule has 111 valence electrons. The molecule has 4 rings (SSSR count). The van der Waals surface area contributed by atoms with Crippen molar-refractivity contribution >= 4 is 14.0 Å². The van der Waals surface area contributed by atoms with Crippen molar-refractivity contribution in [2.75, 3.05) is 0 Å². The molecule has 23 heavy (non-hydrogen) atoms. The summed E-state index contributed by atoms with van der Waals surface area (Å²) < 4.78 is 0. The van der Waals surface area contributed by atoms with E-state index in [-0.39, 0.29) is 0 Å². The third kappa shape index (κ3) is 2.80. The van der Waals surface area contributed by atoms with Crippen LogP contribution in [0.4, 0.5) is 0 Å². The predicted octanol–water partition coefficient (Wildman–Crippen LogP) is 4.60. The van der Waals surface area contributed by atoms with E-state index in [0.717, 1.165) is 0 Å². The SMILES string of the molecule is C1=CC(c2ccccc2)[Si](c2ccccc2)C1c1ccccc1. The molecular weight excluding hydrogens is 292 g/mol. The molecule has 0 spiro atoms. The number of allylic oxidation sites excluding steroid dienone is 2. The van der Waals surface area contributed by atoms with Crippen molar-refractivity contribution in [1.82, 2.24) is 0 Å². The smallest absolute Gasteiger partial charge is 0.0832 e. The summed E-state index contributed by atoms with van der Waals surface area (Å²) in [4.78, 5) is 0. The Labute approximate surface area is 139 Å². The molecule has 3 aromatic rings. The lowest BCUT2D eigenvalue weighted by Crippen LogP contribution is -2.38. The van der Waals surface area contributed by atoms with Gasteiger partial charge in [-0.15, -0.1) is 0 Å². The zero-order valence-corrected chi connectivity index (χ0v) is 14.0. The van der Waals surface area contributed by atoms with E-state index in [1.165, 1.54) is 16.3 Å². The Morgan fingerprint density at radius 1 is 0.478 bits per heavy atom. The highest BCUT2D eigenvalue weighted by molar-refractivity contribution is 6.77. The molecule has 1 heteroatoms. The standard InChI is InChI=1S/C22H19Si/c1-4-10-18(11-5-1)21-16-17-22(19-12-6-2-7-13-19)23(21)20-14-8-3-9-15-20/h1-17,21-22H. The molecule has 2 unspecified atom stereocenters. The molecule has 0 saturated heterocycles. The maximum absolute atomic E-state index is 2.44. The minimum atomic E-state index is -0.782. The molecule has 0 fully saturated rings. The van der Waals surface area contributed by atoms with Gasteiger partial charge in [-0.3, -0.25) is 0 Å². The molecule has 1 aliphatic heterocycles. The molecule has 0 bridgehead atoms. The second-order valence-electron chi connectivity index (χ2n) is 5.98. The number of benzene rings is 3. The first-order valence-corrected chi connectivity index (χ1v) is 9.79. The highest BCUT2D eigenvalue weighted by Crippen LogP contribution is 2.36. The minimum Gasteiger partial charge on any atom is -0.0832 e. The molecule has 3 aromatic carbocycles. The van der Waals surface area contributed by atoms with Gasteiger partial charge in [0.1, 0.15) is 8.80 Å². The zero-order chi connectivity index (χ0) is 15.5. The molecule has 0 aliphatic carbocycles. The van der Waals surface area contributed by atoms with E-state index in [1.807, 2.05) is 0 Å². The van der Waals surface area contributed by atoms with E-state index in [4.69, 9.17) is 0 Å². The van der Waals surface area contributed by atoms with Crippen LogP contribution in [0.2, 0.25) is 0 Å². The van der Waals surface area contributed by atoms with Crippen LogP contribution in [-0.4, -0.2) is 8.80 Å². The van der Waals surface area contributed by atoms with E-state index in [9.17, 15) is 0 Å². The first-order valence-electron chi connectivity index (χ1n) is 8.14. The highest BCUT2D eigenvalue weighted by Gasteiger charge is 2.36. The fourth-order valence-electron chi connectivity index (χ4n) is 3.51. The van der Waals surface area contributed by atoms with Crippen LogP contribution in [0.5, 0.6) is 0 Å². The molecule has 1 radical (unpaired) electrons. The van der Waals surface area contributed by atoms with Gasteiger partial charge in [-0.05, 0) is 11.1 Å². The van der Waals surface area contributed by atoms with Crippen molar-refractivity contribution < 1.29 is 0 Å². The molecule has 1 heterocycles. The lowest BCUT2D eigenvalue weighted by molar-refractivity contribution is 1.15. The summed E-state index contributed by atoms with van der Waals surface area (Å²) in [7, 11) is -0.782. The fourth-order valence-corrected chi connectivity index (χ4v) is 6.94. The zero-order valence-electron chi connectivity index (χ0n) is 13.0. The van der Waals surface area contributed by atoms with Crippen LogP contribution in [0.1, 0.15) is 22.2 Å². The normalized spacial score (nSPS) is 20.7. The Morgan fingerprint density at radius 2 is 0.870 bits per heavy atom. The van der Waals surface area contributed by atoms with Crippen molar-refractivity contribution in [2.24, 2.45) is 0 Å². The van der Waals surface area contributed by atoms with Crippen molar-refractivity contribution in [3.05, 3.63) is 114 Å². The molecule has 0 amide bonds. The van der Waals surface area contributed by atoms with Gasteiger partial charge in [-0.1, -0.05) is 108 Å². The summed E-state index contributed by atoms with van der Waals surface area (Å²) in [6.07, 6.45) is 4.88. The summed E-state index contributed by atoms with van der Waals surface area (Å²) in [6, 6.07) is 33.0. The first kappa shape index (κ1) is 14.2. The number of hydrogen-bond acceptors (Lipinski definition) is 0. The highest BCUT2D eigenvalue weighted by atomic mass is 28.3. The van der Waals surface area contributed by atoms with Gasteiger partial charge in [0.15, 0.2) is 0 Å².